The minimum absolute atomic E-state index is 0.886. The normalized spacial score (nSPS) is 11.7. The highest BCUT2D eigenvalue weighted by atomic mass is 16.3. The van der Waals surface area contributed by atoms with Crippen LogP contribution in [-0.2, 0) is 0 Å². The van der Waals surface area contributed by atoms with Crippen molar-refractivity contribution in [1.82, 2.24) is 9.97 Å². The molecule has 0 bridgehead atoms. The minimum atomic E-state index is 0.886. The fraction of sp³-hybridized carbons (Fsp3) is 0. The maximum Gasteiger partial charge on any atom is 0.136 e. The van der Waals surface area contributed by atoms with Crippen molar-refractivity contribution in [2.24, 2.45) is 0 Å². The standard InChI is InChI=1S/2C47H29NO/c1-2-10-30(11-3-1)31-18-20-33(21-19-31)45-37-14-6-8-16-39(37)46(40-17-9-7-15-38(40)45)42-25-22-35(29-48-42)34-24-26-43-41(28-34)47-36-13-5-4-12-32(36)23-27-44(47)49-43;1-2-10-30(11-3-1)31-18-20-33(21-19-31)45-37-14-6-8-16-39(37)46(40-17-9-7-15-38(40)45)42-26-23-35(29-48-42)34-22-25-41-44(28-34)49-43-27-24-32-12-4-5-13-36(32)47(41)43/h2*1-29H. The minimum Gasteiger partial charge on any atom is -0.456 e. The van der Waals surface area contributed by atoms with Gasteiger partial charge in [-0.1, -0.05) is 291 Å². The zero-order valence-corrected chi connectivity index (χ0v) is 53.2. The summed E-state index contributed by atoms with van der Waals surface area (Å²) in [6.45, 7) is 0. The predicted octanol–water partition coefficient (Wildman–Crippen LogP) is 26.2. The van der Waals surface area contributed by atoms with E-state index in [1.165, 1.54) is 115 Å². The third-order valence-electron chi connectivity index (χ3n) is 19.9. The molecule has 0 N–H and O–H groups in total. The van der Waals surface area contributed by atoms with Crippen molar-refractivity contribution in [1.29, 1.82) is 0 Å². The van der Waals surface area contributed by atoms with E-state index in [1.807, 2.05) is 12.4 Å². The molecule has 0 radical (unpaired) electrons. The highest BCUT2D eigenvalue weighted by molar-refractivity contribution is 6.24. The van der Waals surface area contributed by atoms with E-state index in [0.717, 1.165) is 83.3 Å². The molecule has 0 saturated carbocycles. The Bertz CT molecular complexity index is 6370. The summed E-state index contributed by atoms with van der Waals surface area (Å²) in [5.74, 6) is 0. The van der Waals surface area contributed by atoms with E-state index in [0.29, 0.717) is 0 Å². The Kier molecular flexibility index (Phi) is 13.5. The van der Waals surface area contributed by atoms with Crippen LogP contribution in [0.2, 0.25) is 0 Å². The first kappa shape index (κ1) is 56.5. The number of pyridine rings is 2. The summed E-state index contributed by atoms with van der Waals surface area (Å²) in [4.78, 5) is 10.2. The molecule has 0 unspecified atom stereocenters. The largest absolute Gasteiger partial charge is 0.456 e. The molecule has 20 aromatic rings. The van der Waals surface area contributed by atoms with Crippen LogP contribution in [0, 0.1) is 0 Å². The summed E-state index contributed by atoms with van der Waals surface area (Å²) in [5, 5.41) is 19.1. The second kappa shape index (κ2) is 23.5. The van der Waals surface area contributed by atoms with E-state index in [9.17, 15) is 0 Å². The second-order valence-electron chi connectivity index (χ2n) is 25.4. The molecular formula is C94H58N2O2. The number of aromatic nitrogens is 2. The number of hydrogen-bond acceptors (Lipinski definition) is 4. The molecular weight excluding hydrogens is 1190 g/mol. The molecule has 16 aromatic carbocycles. The average Bonchev–Trinajstić information content (AvgIpc) is 1.07. The predicted molar refractivity (Wildman–Crippen MR) is 412 cm³/mol. The molecule has 456 valence electrons. The molecule has 4 aromatic heterocycles. The lowest BCUT2D eigenvalue weighted by molar-refractivity contribution is 0.669. The van der Waals surface area contributed by atoms with Gasteiger partial charge in [0.25, 0.3) is 0 Å². The topological polar surface area (TPSA) is 52.1 Å². The highest BCUT2D eigenvalue weighted by Gasteiger charge is 2.21. The van der Waals surface area contributed by atoms with Gasteiger partial charge in [-0.25, -0.2) is 0 Å². The molecule has 0 fully saturated rings. The SMILES string of the molecule is c1ccc(-c2ccc(-c3c4ccccc4c(-c4ccc(-c5ccc6c(c5)oc5ccc7ccccc7c56)cn4)c4ccccc34)cc2)cc1.c1ccc(-c2ccc(-c3c4ccccc4c(-c4ccc(-c5ccc6oc7ccc8ccccc8c7c6c5)cn4)c4ccccc34)cc2)cc1. The van der Waals surface area contributed by atoms with Crippen molar-refractivity contribution >= 4 is 109 Å². The van der Waals surface area contributed by atoms with Gasteiger partial charge in [0.2, 0.25) is 0 Å². The van der Waals surface area contributed by atoms with Gasteiger partial charge < -0.3 is 8.83 Å². The van der Waals surface area contributed by atoms with E-state index >= 15 is 0 Å². The van der Waals surface area contributed by atoms with Gasteiger partial charge in [0.05, 0.1) is 11.4 Å². The van der Waals surface area contributed by atoms with Gasteiger partial charge in [0.15, 0.2) is 0 Å². The van der Waals surface area contributed by atoms with Gasteiger partial charge in [-0.2, -0.15) is 0 Å². The molecule has 0 atom stereocenters. The molecule has 4 heterocycles. The Morgan fingerprint density at radius 3 is 0.918 bits per heavy atom. The van der Waals surface area contributed by atoms with Gasteiger partial charge in [0.1, 0.15) is 22.3 Å². The first-order valence-electron chi connectivity index (χ1n) is 33.4. The first-order chi connectivity index (χ1) is 48.6. The molecule has 0 saturated heterocycles. The molecule has 4 nitrogen and oxygen atoms in total. The summed E-state index contributed by atoms with van der Waals surface area (Å²) in [5.41, 5.74) is 21.9. The summed E-state index contributed by atoms with van der Waals surface area (Å²) in [7, 11) is 0. The second-order valence-corrected chi connectivity index (χ2v) is 25.4. The molecule has 0 aliphatic carbocycles. The smallest absolute Gasteiger partial charge is 0.136 e. The van der Waals surface area contributed by atoms with Crippen LogP contribution in [0.3, 0.4) is 0 Å². The molecule has 20 rings (SSSR count). The van der Waals surface area contributed by atoms with Crippen molar-refractivity contribution < 1.29 is 8.83 Å². The fourth-order valence-corrected chi connectivity index (χ4v) is 15.2. The van der Waals surface area contributed by atoms with Crippen molar-refractivity contribution in [2.75, 3.05) is 0 Å². The van der Waals surface area contributed by atoms with Crippen molar-refractivity contribution in [2.45, 2.75) is 0 Å². The molecule has 98 heavy (non-hydrogen) atoms. The van der Waals surface area contributed by atoms with E-state index in [2.05, 4.69) is 340 Å². The van der Waals surface area contributed by atoms with Crippen LogP contribution in [0.1, 0.15) is 0 Å². The van der Waals surface area contributed by atoms with Crippen LogP contribution in [-0.4, -0.2) is 9.97 Å². The van der Waals surface area contributed by atoms with Crippen LogP contribution in [0.5, 0.6) is 0 Å². The summed E-state index contributed by atoms with van der Waals surface area (Å²) in [6.07, 6.45) is 4.00. The quantitative estimate of drug-likeness (QED) is 0.142. The number of benzene rings is 16. The molecule has 0 spiro atoms. The molecule has 0 amide bonds. The van der Waals surface area contributed by atoms with Crippen molar-refractivity contribution in [3.63, 3.8) is 0 Å². The molecule has 0 aliphatic heterocycles. The van der Waals surface area contributed by atoms with Gasteiger partial charge >= 0.3 is 0 Å². The zero-order valence-electron chi connectivity index (χ0n) is 53.2. The lowest BCUT2D eigenvalue weighted by Crippen LogP contribution is -1.92. The Hall–Kier alpha value is -13.0. The maximum absolute atomic E-state index is 6.37. The third-order valence-corrected chi connectivity index (χ3v) is 19.9. The first-order valence-corrected chi connectivity index (χ1v) is 33.4. The van der Waals surface area contributed by atoms with Crippen molar-refractivity contribution in [3.8, 4) is 89.3 Å². The van der Waals surface area contributed by atoms with Crippen LogP contribution in [0.15, 0.2) is 361 Å². The number of nitrogens with zero attached hydrogens (tertiary/aromatic N) is 2. The Labute approximate surface area is 565 Å². The molecule has 4 heteroatoms. The maximum atomic E-state index is 6.37. The number of fused-ring (bicyclic) bond motifs is 14. The van der Waals surface area contributed by atoms with E-state index in [4.69, 9.17) is 18.8 Å². The lowest BCUT2D eigenvalue weighted by atomic mass is 9.87. The Morgan fingerprint density at radius 1 is 0.173 bits per heavy atom. The van der Waals surface area contributed by atoms with Crippen LogP contribution in [0.4, 0.5) is 0 Å². The van der Waals surface area contributed by atoms with E-state index in [-0.39, 0.29) is 0 Å². The summed E-state index contributed by atoms with van der Waals surface area (Å²) in [6, 6.07) is 121. The van der Waals surface area contributed by atoms with Gasteiger partial charge in [-0.05, 0) is 169 Å². The number of furan rings is 2. The van der Waals surface area contributed by atoms with Crippen molar-refractivity contribution in [3.05, 3.63) is 352 Å². The molecule has 0 aliphatic rings. The van der Waals surface area contributed by atoms with Gasteiger partial charge in [-0.15, -0.1) is 0 Å². The number of rotatable bonds is 8. The average molecular weight is 1250 g/mol. The van der Waals surface area contributed by atoms with Crippen LogP contribution in [0.25, 0.3) is 198 Å². The third kappa shape index (κ3) is 9.60. The Morgan fingerprint density at radius 2 is 0.490 bits per heavy atom. The lowest BCUT2D eigenvalue weighted by Gasteiger charge is -2.17. The highest BCUT2D eigenvalue weighted by Crippen LogP contribution is 2.47. The fourth-order valence-electron chi connectivity index (χ4n) is 15.2. The monoisotopic (exact) mass is 1250 g/mol. The van der Waals surface area contributed by atoms with Gasteiger partial charge in [0, 0.05) is 56.2 Å². The van der Waals surface area contributed by atoms with Gasteiger partial charge in [-0.3, -0.25) is 9.97 Å². The summed E-state index contributed by atoms with van der Waals surface area (Å²) < 4.78 is 12.6. The van der Waals surface area contributed by atoms with Crippen LogP contribution >= 0.6 is 0 Å². The number of hydrogen-bond donors (Lipinski definition) is 0. The van der Waals surface area contributed by atoms with Crippen LogP contribution < -0.4 is 0 Å². The zero-order chi connectivity index (χ0) is 64.6. The summed E-state index contributed by atoms with van der Waals surface area (Å²) >= 11 is 0. The van der Waals surface area contributed by atoms with E-state index in [1.54, 1.807) is 0 Å². The van der Waals surface area contributed by atoms with E-state index < -0.39 is 0 Å². The Balaban J connectivity index is 0.000000137.